The van der Waals surface area contributed by atoms with E-state index in [2.05, 4.69) is 35.9 Å². The summed E-state index contributed by atoms with van der Waals surface area (Å²) in [6.45, 7) is 5.78. The maximum Gasteiger partial charge on any atom is 0.229 e. The van der Waals surface area contributed by atoms with Crippen molar-refractivity contribution >= 4 is 22.8 Å². The molecule has 0 aliphatic carbocycles. The lowest BCUT2D eigenvalue weighted by Gasteiger charge is -2.17. The van der Waals surface area contributed by atoms with E-state index in [0.717, 1.165) is 36.2 Å². The Morgan fingerprint density at radius 3 is 2.93 bits per heavy atom. The molecule has 0 saturated heterocycles. The maximum absolute atomic E-state index is 14.6. The van der Waals surface area contributed by atoms with Crippen molar-refractivity contribution in [1.82, 2.24) is 35.3 Å². The SMILES string of the molecule is CC(C)n1nnc2ccc(-c3nc(Nc4ccc5c(n4)CCNC5)ncc3F)cc21. The number of hydrogen-bond acceptors (Lipinski definition) is 7. The van der Waals surface area contributed by atoms with Crippen LogP contribution in [0, 0.1) is 5.82 Å². The van der Waals surface area contributed by atoms with Crippen molar-refractivity contribution in [3.63, 3.8) is 0 Å². The largest absolute Gasteiger partial charge is 0.312 e. The zero-order chi connectivity index (χ0) is 20.7. The molecule has 152 valence electrons. The van der Waals surface area contributed by atoms with Gasteiger partial charge in [0, 0.05) is 36.8 Å². The Morgan fingerprint density at radius 2 is 2.07 bits per heavy atom. The molecular weight excluding hydrogens is 383 g/mol. The molecule has 4 heterocycles. The number of halogens is 1. The summed E-state index contributed by atoms with van der Waals surface area (Å²) in [7, 11) is 0. The summed E-state index contributed by atoms with van der Waals surface area (Å²) in [4.78, 5) is 13.2. The highest BCUT2D eigenvalue weighted by Gasteiger charge is 2.15. The lowest BCUT2D eigenvalue weighted by atomic mass is 10.1. The quantitative estimate of drug-likeness (QED) is 0.538. The van der Waals surface area contributed by atoms with Gasteiger partial charge in [-0.25, -0.2) is 24.0 Å². The molecule has 0 bridgehead atoms. The highest BCUT2D eigenvalue weighted by molar-refractivity contribution is 5.81. The molecule has 5 rings (SSSR count). The molecule has 8 nitrogen and oxygen atoms in total. The molecular formula is C21H21FN8. The van der Waals surface area contributed by atoms with Crippen LogP contribution in [0.4, 0.5) is 16.2 Å². The first-order valence-electron chi connectivity index (χ1n) is 9.93. The zero-order valence-electron chi connectivity index (χ0n) is 16.7. The first kappa shape index (κ1) is 18.6. The smallest absolute Gasteiger partial charge is 0.229 e. The second-order valence-corrected chi connectivity index (χ2v) is 7.58. The van der Waals surface area contributed by atoms with Gasteiger partial charge in [0.05, 0.1) is 11.7 Å². The first-order chi connectivity index (χ1) is 14.6. The van der Waals surface area contributed by atoms with E-state index in [1.54, 1.807) is 6.07 Å². The van der Waals surface area contributed by atoms with E-state index in [1.807, 2.05) is 42.8 Å². The van der Waals surface area contributed by atoms with E-state index < -0.39 is 5.82 Å². The number of fused-ring (bicyclic) bond motifs is 2. The third-order valence-electron chi connectivity index (χ3n) is 5.14. The van der Waals surface area contributed by atoms with Gasteiger partial charge >= 0.3 is 0 Å². The van der Waals surface area contributed by atoms with Crippen molar-refractivity contribution in [2.75, 3.05) is 11.9 Å². The van der Waals surface area contributed by atoms with E-state index >= 15 is 0 Å². The monoisotopic (exact) mass is 404 g/mol. The van der Waals surface area contributed by atoms with E-state index in [0.29, 0.717) is 17.3 Å². The average molecular weight is 404 g/mol. The van der Waals surface area contributed by atoms with Gasteiger partial charge in [0.1, 0.15) is 17.0 Å². The number of nitrogens with one attached hydrogen (secondary N) is 2. The van der Waals surface area contributed by atoms with E-state index in [4.69, 9.17) is 0 Å². The Kier molecular flexibility index (Phi) is 4.59. The van der Waals surface area contributed by atoms with Crippen molar-refractivity contribution in [1.29, 1.82) is 0 Å². The predicted octanol–water partition coefficient (Wildman–Crippen LogP) is 3.39. The number of anilines is 2. The van der Waals surface area contributed by atoms with Crippen LogP contribution >= 0.6 is 0 Å². The number of pyridine rings is 1. The lowest BCUT2D eigenvalue weighted by Crippen LogP contribution is -2.24. The van der Waals surface area contributed by atoms with Crippen molar-refractivity contribution < 1.29 is 4.39 Å². The van der Waals surface area contributed by atoms with Crippen molar-refractivity contribution in [3.05, 3.63) is 53.6 Å². The summed E-state index contributed by atoms with van der Waals surface area (Å²) in [5, 5.41) is 14.8. The molecule has 0 spiro atoms. The normalized spacial score (nSPS) is 13.6. The summed E-state index contributed by atoms with van der Waals surface area (Å²) in [6, 6.07) is 9.54. The average Bonchev–Trinajstić information content (AvgIpc) is 3.18. The molecule has 9 heteroatoms. The number of hydrogen-bond donors (Lipinski definition) is 2. The van der Waals surface area contributed by atoms with E-state index in [-0.39, 0.29) is 11.7 Å². The Bertz CT molecular complexity index is 1230. The summed E-state index contributed by atoms with van der Waals surface area (Å²) in [5.41, 5.74) is 4.69. The van der Waals surface area contributed by atoms with Gasteiger partial charge in [-0.2, -0.15) is 0 Å². The van der Waals surface area contributed by atoms with Gasteiger partial charge in [0.25, 0.3) is 0 Å². The summed E-state index contributed by atoms with van der Waals surface area (Å²) in [5.74, 6) is 0.446. The van der Waals surface area contributed by atoms with E-state index in [1.165, 1.54) is 11.8 Å². The molecule has 1 aliphatic rings. The van der Waals surface area contributed by atoms with Gasteiger partial charge in [0.2, 0.25) is 5.95 Å². The number of aromatic nitrogens is 6. The standard InChI is InChI=1S/C21H21FN8/c1-12(2)30-18-9-13(3-5-17(18)28-29-30)20-15(22)11-24-21(27-20)26-19-6-4-14-10-23-8-7-16(14)25-19/h3-6,9,11-12,23H,7-8,10H2,1-2H3,(H,24,25,26,27). The summed E-state index contributed by atoms with van der Waals surface area (Å²) in [6.07, 6.45) is 2.05. The molecule has 0 amide bonds. The van der Waals surface area contributed by atoms with Crippen molar-refractivity contribution in [2.24, 2.45) is 0 Å². The van der Waals surface area contributed by atoms with Gasteiger partial charge in [-0.15, -0.1) is 5.10 Å². The van der Waals surface area contributed by atoms with Gasteiger partial charge in [-0.05, 0) is 37.6 Å². The predicted molar refractivity (Wildman–Crippen MR) is 112 cm³/mol. The van der Waals surface area contributed by atoms with Gasteiger partial charge < -0.3 is 10.6 Å². The minimum Gasteiger partial charge on any atom is -0.312 e. The topological polar surface area (TPSA) is 93.4 Å². The van der Waals surface area contributed by atoms with Gasteiger partial charge in [-0.3, -0.25) is 0 Å². The third kappa shape index (κ3) is 3.37. The summed E-state index contributed by atoms with van der Waals surface area (Å²) >= 11 is 0. The Morgan fingerprint density at radius 1 is 1.17 bits per heavy atom. The zero-order valence-corrected chi connectivity index (χ0v) is 16.7. The van der Waals surface area contributed by atoms with Crippen LogP contribution in [0.2, 0.25) is 0 Å². The number of benzene rings is 1. The number of rotatable bonds is 4. The van der Waals surface area contributed by atoms with Crippen LogP contribution in [0.1, 0.15) is 31.1 Å². The first-order valence-corrected chi connectivity index (χ1v) is 9.93. The van der Waals surface area contributed by atoms with Crippen LogP contribution in [0.3, 0.4) is 0 Å². The Balaban J connectivity index is 1.49. The second kappa shape index (κ2) is 7.42. The van der Waals surface area contributed by atoms with E-state index in [9.17, 15) is 4.39 Å². The Labute approximate surface area is 172 Å². The number of nitrogens with zero attached hydrogens (tertiary/aromatic N) is 6. The molecule has 30 heavy (non-hydrogen) atoms. The molecule has 3 aromatic heterocycles. The lowest BCUT2D eigenvalue weighted by molar-refractivity contribution is 0.530. The molecule has 1 aliphatic heterocycles. The van der Waals surface area contributed by atoms with Crippen molar-refractivity contribution in [3.8, 4) is 11.3 Å². The molecule has 2 N–H and O–H groups in total. The highest BCUT2D eigenvalue weighted by Crippen LogP contribution is 2.26. The van der Waals surface area contributed by atoms with Crippen LogP contribution in [0.5, 0.6) is 0 Å². The third-order valence-corrected chi connectivity index (χ3v) is 5.14. The second-order valence-electron chi connectivity index (χ2n) is 7.58. The van der Waals surface area contributed by atoms with Crippen LogP contribution in [0.25, 0.3) is 22.3 Å². The van der Waals surface area contributed by atoms with Crippen molar-refractivity contribution in [2.45, 2.75) is 32.9 Å². The molecule has 0 radical (unpaired) electrons. The maximum atomic E-state index is 14.6. The molecule has 0 saturated carbocycles. The molecule has 0 atom stereocenters. The molecule has 4 aromatic rings. The molecule has 0 fully saturated rings. The highest BCUT2D eigenvalue weighted by atomic mass is 19.1. The fraction of sp³-hybridized carbons (Fsp3) is 0.286. The minimum absolute atomic E-state index is 0.142. The molecule has 0 unspecified atom stereocenters. The molecule has 1 aromatic carbocycles. The van der Waals surface area contributed by atoms with Gasteiger partial charge in [0.15, 0.2) is 5.82 Å². The van der Waals surface area contributed by atoms with Crippen LogP contribution in [0.15, 0.2) is 36.5 Å². The fourth-order valence-electron chi connectivity index (χ4n) is 3.62. The summed E-state index contributed by atoms with van der Waals surface area (Å²) < 4.78 is 16.4. The Hall–Kier alpha value is -3.46. The minimum atomic E-state index is -0.493. The van der Waals surface area contributed by atoms with Crippen LogP contribution in [-0.2, 0) is 13.0 Å². The van der Waals surface area contributed by atoms with Gasteiger partial charge in [-0.1, -0.05) is 17.3 Å². The van der Waals surface area contributed by atoms with Crippen LogP contribution < -0.4 is 10.6 Å². The fourth-order valence-corrected chi connectivity index (χ4v) is 3.62. The van der Waals surface area contributed by atoms with Crippen LogP contribution in [-0.4, -0.2) is 36.5 Å².